The van der Waals surface area contributed by atoms with Crippen molar-refractivity contribution in [2.75, 3.05) is 33.2 Å². The Balaban J connectivity index is 0.00000289. The summed E-state index contributed by atoms with van der Waals surface area (Å²) < 4.78 is 11.0. The number of aliphatic imine (C=N–C) groups is 1. The summed E-state index contributed by atoms with van der Waals surface area (Å²) >= 11 is 5.93. The van der Waals surface area contributed by atoms with Crippen molar-refractivity contribution in [3.63, 3.8) is 0 Å². The summed E-state index contributed by atoms with van der Waals surface area (Å²) in [6.07, 6.45) is 4.78. The van der Waals surface area contributed by atoms with Crippen molar-refractivity contribution >= 4 is 41.5 Å². The lowest BCUT2D eigenvalue weighted by Crippen LogP contribution is -2.43. The van der Waals surface area contributed by atoms with E-state index in [2.05, 4.69) is 30.7 Å². The molecule has 0 radical (unpaired) electrons. The van der Waals surface area contributed by atoms with Gasteiger partial charge in [-0.2, -0.15) is 4.98 Å². The third-order valence-electron chi connectivity index (χ3n) is 5.34. The van der Waals surface area contributed by atoms with Crippen LogP contribution in [-0.4, -0.2) is 54.2 Å². The number of hydrogen-bond acceptors (Lipinski definition) is 6. The molecule has 10 heteroatoms. The van der Waals surface area contributed by atoms with E-state index in [4.69, 9.17) is 20.5 Å². The van der Waals surface area contributed by atoms with Crippen molar-refractivity contribution in [2.45, 2.75) is 25.3 Å². The summed E-state index contributed by atoms with van der Waals surface area (Å²) in [4.78, 5) is 11.2. The van der Waals surface area contributed by atoms with Crippen molar-refractivity contribution < 1.29 is 8.94 Å². The van der Waals surface area contributed by atoms with E-state index in [0.29, 0.717) is 36.2 Å². The Labute approximate surface area is 209 Å². The molecule has 3 aromatic rings. The largest absolute Gasteiger partial charge is 0.468 e. The van der Waals surface area contributed by atoms with E-state index >= 15 is 0 Å². The zero-order valence-electron chi connectivity index (χ0n) is 18.0. The number of guanidine groups is 1. The van der Waals surface area contributed by atoms with Crippen LogP contribution in [0.2, 0.25) is 5.02 Å². The first-order valence-corrected chi connectivity index (χ1v) is 10.9. The third kappa shape index (κ3) is 6.46. The van der Waals surface area contributed by atoms with Crippen LogP contribution in [0.1, 0.15) is 30.5 Å². The zero-order chi connectivity index (χ0) is 21.5. The van der Waals surface area contributed by atoms with E-state index in [1.54, 1.807) is 13.3 Å². The average Bonchev–Trinajstić information content (AvgIpc) is 3.56. The van der Waals surface area contributed by atoms with Crippen LogP contribution >= 0.6 is 35.6 Å². The van der Waals surface area contributed by atoms with Gasteiger partial charge in [0.25, 0.3) is 0 Å². The fourth-order valence-corrected chi connectivity index (χ4v) is 3.84. The molecule has 2 N–H and O–H groups in total. The Hall–Kier alpha value is -2.11. The molecule has 1 saturated heterocycles. The first kappa shape index (κ1) is 24.5. The summed E-state index contributed by atoms with van der Waals surface area (Å²) in [5.74, 6) is 2.83. The molecular weight excluding hydrogens is 543 g/mol. The number of benzene rings is 1. The van der Waals surface area contributed by atoms with Crippen LogP contribution in [0.15, 0.2) is 56.6 Å². The van der Waals surface area contributed by atoms with Crippen molar-refractivity contribution in [3.8, 4) is 11.4 Å². The molecule has 1 fully saturated rings. The molecular formula is C22H28ClIN6O2. The predicted octanol–water partition coefficient (Wildman–Crippen LogP) is 4.15. The van der Waals surface area contributed by atoms with Crippen molar-refractivity contribution in [3.05, 3.63) is 59.3 Å². The molecule has 1 aliphatic rings. The van der Waals surface area contributed by atoms with E-state index in [1.165, 1.54) is 12.8 Å². The Morgan fingerprint density at radius 1 is 1.19 bits per heavy atom. The van der Waals surface area contributed by atoms with Crippen LogP contribution in [0.25, 0.3) is 11.4 Å². The standard InChI is InChI=1S/C22H27ClN6O2.HI/c1-24-22(26-15-18(19-5-4-14-30-19)29-12-2-3-13-29)25-11-10-20-27-21(28-31-20)16-6-8-17(23)9-7-16;/h4-9,14,18H,2-3,10-13,15H2,1H3,(H2,24,25,26);1H. The van der Waals surface area contributed by atoms with Crippen LogP contribution in [0.3, 0.4) is 0 Å². The molecule has 2 aromatic heterocycles. The second kappa shape index (κ2) is 12.2. The lowest BCUT2D eigenvalue weighted by atomic mass is 10.2. The molecule has 1 atom stereocenters. The fraction of sp³-hybridized carbons (Fsp3) is 0.409. The number of nitrogens with one attached hydrogen (secondary N) is 2. The molecule has 32 heavy (non-hydrogen) atoms. The number of hydrogen-bond donors (Lipinski definition) is 2. The maximum atomic E-state index is 5.93. The van der Waals surface area contributed by atoms with Gasteiger partial charge in [0.15, 0.2) is 5.96 Å². The second-order valence-corrected chi connectivity index (χ2v) is 7.86. The molecule has 3 heterocycles. The fourth-order valence-electron chi connectivity index (χ4n) is 3.72. The van der Waals surface area contributed by atoms with Gasteiger partial charge in [-0.15, -0.1) is 24.0 Å². The van der Waals surface area contributed by atoms with Crippen molar-refractivity contribution in [1.29, 1.82) is 0 Å². The maximum absolute atomic E-state index is 5.93. The van der Waals surface area contributed by atoms with Crippen molar-refractivity contribution in [1.82, 2.24) is 25.7 Å². The number of nitrogens with zero attached hydrogens (tertiary/aromatic N) is 4. The number of rotatable bonds is 8. The normalized spacial score (nSPS) is 15.4. The topological polar surface area (TPSA) is 91.7 Å². The lowest BCUT2D eigenvalue weighted by Gasteiger charge is -2.26. The first-order chi connectivity index (χ1) is 15.2. The summed E-state index contributed by atoms with van der Waals surface area (Å²) in [6, 6.07) is 11.5. The van der Waals surface area contributed by atoms with E-state index in [1.807, 2.05) is 36.4 Å². The minimum absolute atomic E-state index is 0. The molecule has 0 amide bonds. The summed E-state index contributed by atoms with van der Waals surface area (Å²) in [6.45, 7) is 3.52. The highest BCUT2D eigenvalue weighted by Gasteiger charge is 2.25. The van der Waals surface area contributed by atoms with E-state index in [-0.39, 0.29) is 30.0 Å². The maximum Gasteiger partial charge on any atom is 0.228 e. The molecule has 0 bridgehead atoms. The summed E-state index contributed by atoms with van der Waals surface area (Å²) in [5, 5.41) is 11.4. The van der Waals surface area contributed by atoms with Gasteiger partial charge in [0, 0.05) is 37.1 Å². The van der Waals surface area contributed by atoms with Gasteiger partial charge in [-0.25, -0.2) is 0 Å². The van der Waals surface area contributed by atoms with Crippen LogP contribution in [0, 0.1) is 0 Å². The Kier molecular flexibility index (Phi) is 9.36. The van der Waals surface area contributed by atoms with Gasteiger partial charge < -0.3 is 19.6 Å². The Morgan fingerprint density at radius 3 is 2.66 bits per heavy atom. The molecule has 0 aliphatic carbocycles. The highest BCUT2D eigenvalue weighted by atomic mass is 127. The molecule has 0 spiro atoms. The van der Waals surface area contributed by atoms with Crippen LogP contribution in [-0.2, 0) is 6.42 Å². The van der Waals surface area contributed by atoms with Crippen molar-refractivity contribution in [2.24, 2.45) is 4.99 Å². The zero-order valence-corrected chi connectivity index (χ0v) is 21.0. The number of furan rings is 1. The monoisotopic (exact) mass is 570 g/mol. The van der Waals surface area contributed by atoms with Gasteiger partial charge >= 0.3 is 0 Å². The van der Waals surface area contributed by atoms with E-state index < -0.39 is 0 Å². The van der Waals surface area contributed by atoms with Crippen LogP contribution < -0.4 is 10.6 Å². The molecule has 4 rings (SSSR count). The highest BCUT2D eigenvalue weighted by Crippen LogP contribution is 2.24. The summed E-state index contributed by atoms with van der Waals surface area (Å²) in [5.41, 5.74) is 0.871. The predicted molar refractivity (Wildman–Crippen MR) is 135 cm³/mol. The molecule has 0 saturated carbocycles. The van der Waals surface area contributed by atoms with Gasteiger partial charge in [0.1, 0.15) is 5.76 Å². The van der Waals surface area contributed by atoms with Gasteiger partial charge in [-0.1, -0.05) is 16.8 Å². The lowest BCUT2D eigenvalue weighted by molar-refractivity contribution is 0.215. The van der Waals surface area contributed by atoms with Gasteiger partial charge in [-0.3, -0.25) is 9.89 Å². The number of halogens is 2. The number of likely N-dealkylation sites (tertiary alicyclic amines) is 1. The minimum atomic E-state index is 0. The van der Waals surface area contributed by atoms with Gasteiger partial charge in [0.2, 0.25) is 11.7 Å². The second-order valence-electron chi connectivity index (χ2n) is 7.42. The minimum Gasteiger partial charge on any atom is -0.468 e. The first-order valence-electron chi connectivity index (χ1n) is 10.5. The van der Waals surface area contributed by atoms with E-state index in [0.717, 1.165) is 30.4 Å². The van der Waals surface area contributed by atoms with E-state index in [9.17, 15) is 0 Å². The smallest absolute Gasteiger partial charge is 0.228 e. The number of aromatic nitrogens is 2. The van der Waals surface area contributed by atoms with Crippen LogP contribution in [0.5, 0.6) is 0 Å². The molecule has 1 unspecified atom stereocenters. The molecule has 1 aromatic carbocycles. The highest BCUT2D eigenvalue weighted by molar-refractivity contribution is 14.0. The average molecular weight is 571 g/mol. The Morgan fingerprint density at radius 2 is 1.97 bits per heavy atom. The quantitative estimate of drug-likeness (QED) is 0.239. The Bertz CT molecular complexity index is 971. The molecule has 8 nitrogen and oxygen atoms in total. The molecule has 1 aliphatic heterocycles. The van der Waals surface area contributed by atoms with Gasteiger partial charge in [-0.05, 0) is 62.3 Å². The third-order valence-corrected chi connectivity index (χ3v) is 5.59. The van der Waals surface area contributed by atoms with Crippen LogP contribution in [0.4, 0.5) is 0 Å². The SMILES string of the molecule is CN=C(NCCc1nc(-c2ccc(Cl)cc2)no1)NCC(c1ccco1)N1CCCC1.I. The molecule has 172 valence electrons. The van der Waals surface area contributed by atoms with Gasteiger partial charge in [0.05, 0.1) is 12.3 Å². The summed E-state index contributed by atoms with van der Waals surface area (Å²) in [7, 11) is 1.76.